The number of phenolic OH excluding ortho intramolecular Hbond substituents is 1. The second-order valence-electron chi connectivity index (χ2n) is 6.21. The third-order valence-electron chi connectivity index (χ3n) is 4.13. The van der Waals surface area contributed by atoms with Gasteiger partial charge in [0.05, 0.1) is 12.1 Å². The first kappa shape index (κ1) is 18.2. The number of hydrogen-bond donors (Lipinski definition) is 3. The molecule has 0 bridgehead atoms. The van der Waals surface area contributed by atoms with Gasteiger partial charge >= 0.3 is 0 Å². The van der Waals surface area contributed by atoms with Gasteiger partial charge in [-0.2, -0.15) is 0 Å². The Hall–Kier alpha value is -3.60. The first-order valence-electron chi connectivity index (χ1n) is 8.57. The Morgan fingerprint density at radius 1 is 0.889 bits per heavy atom. The minimum atomic E-state index is -0.302. The molecule has 2 amide bonds. The van der Waals surface area contributed by atoms with Crippen LogP contribution in [0.15, 0.2) is 72.8 Å². The maximum Gasteiger partial charge on any atom is 0.256 e. The number of carbonyl (C=O) groups excluding carboxylic acids is 2. The van der Waals surface area contributed by atoms with Crippen molar-refractivity contribution in [1.82, 2.24) is 0 Å². The van der Waals surface area contributed by atoms with Crippen LogP contribution in [0.5, 0.6) is 5.75 Å². The van der Waals surface area contributed by atoms with Gasteiger partial charge in [-0.15, -0.1) is 0 Å². The molecule has 136 valence electrons. The molecule has 0 saturated carbocycles. The van der Waals surface area contributed by atoms with Crippen molar-refractivity contribution >= 4 is 23.2 Å². The number of carbonyl (C=O) groups is 2. The molecule has 3 aromatic rings. The van der Waals surface area contributed by atoms with Gasteiger partial charge in [-0.1, -0.05) is 48.5 Å². The van der Waals surface area contributed by atoms with Crippen molar-refractivity contribution in [1.29, 1.82) is 0 Å². The summed E-state index contributed by atoms with van der Waals surface area (Å²) in [6, 6.07) is 21.2. The van der Waals surface area contributed by atoms with Crippen LogP contribution in [0.2, 0.25) is 0 Å². The van der Waals surface area contributed by atoms with Crippen molar-refractivity contribution in [2.75, 3.05) is 10.6 Å². The lowest BCUT2D eigenvalue weighted by molar-refractivity contribution is -0.115. The summed E-state index contributed by atoms with van der Waals surface area (Å²) in [7, 11) is 0. The highest BCUT2D eigenvalue weighted by Crippen LogP contribution is 2.27. The summed E-state index contributed by atoms with van der Waals surface area (Å²) in [5, 5.41) is 15.6. The van der Waals surface area contributed by atoms with Gasteiger partial charge in [0.1, 0.15) is 5.75 Å². The van der Waals surface area contributed by atoms with E-state index in [4.69, 9.17) is 0 Å². The molecule has 0 unspecified atom stereocenters. The largest absolute Gasteiger partial charge is 0.506 e. The van der Waals surface area contributed by atoms with Crippen LogP contribution in [-0.2, 0) is 11.2 Å². The maximum absolute atomic E-state index is 12.4. The Labute approximate surface area is 157 Å². The van der Waals surface area contributed by atoms with Crippen molar-refractivity contribution in [3.05, 3.63) is 89.5 Å². The second kappa shape index (κ2) is 8.19. The van der Waals surface area contributed by atoms with Gasteiger partial charge in [-0.3, -0.25) is 9.59 Å². The van der Waals surface area contributed by atoms with Crippen LogP contribution in [-0.4, -0.2) is 16.9 Å². The molecule has 0 heterocycles. The molecule has 0 radical (unpaired) electrons. The quantitative estimate of drug-likeness (QED) is 0.599. The van der Waals surface area contributed by atoms with E-state index in [9.17, 15) is 14.7 Å². The topological polar surface area (TPSA) is 78.4 Å². The molecule has 0 saturated heterocycles. The fourth-order valence-electron chi connectivity index (χ4n) is 2.72. The van der Waals surface area contributed by atoms with E-state index in [-0.39, 0.29) is 29.7 Å². The zero-order valence-corrected chi connectivity index (χ0v) is 14.9. The number of benzene rings is 3. The molecule has 5 nitrogen and oxygen atoms in total. The third kappa shape index (κ3) is 4.73. The molecule has 0 fully saturated rings. The SMILES string of the molecule is Cc1ccccc1C(=O)Nc1ccc(NC(=O)Cc2ccccc2)cc1O. The zero-order chi connectivity index (χ0) is 19.2. The first-order valence-corrected chi connectivity index (χ1v) is 8.57. The fraction of sp³-hybridized carbons (Fsp3) is 0.0909. The van der Waals surface area contributed by atoms with Crippen molar-refractivity contribution in [2.24, 2.45) is 0 Å². The van der Waals surface area contributed by atoms with Crippen LogP contribution in [0.25, 0.3) is 0 Å². The second-order valence-corrected chi connectivity index (χ2v) is 6.21. The number of rotatable bonds is 5. The molecule has 0 spiro atoms. The normalized spacial score (nSPS) is 10.3. The minimum absolute atomic E-state index is 0.116. The number of aromatic hydroxyl groups is 1. The molecule has 3 rings (SSSR count). The monoisotopic (exact) mass is 360 g/mol. The lowest BCUT2D eigenvalue weighted by Gasteiger charge is -2.11. The van der Waals surface area contributed by atoms with E-state index in [1.807, 2.05) is 49.4 Å². The van der Waals surface area contributed by atoms with Gasteiger partial charge in [0.15, 0.2) is 0 Å². The van der Waals surface area contributed by atoms with Gasteiger partial charge < -0.3 is 15.7 Å². The smallest absolute Gasteiger partial charge is 0.256 e. The summed E-state index contributed by atoms with van der Waals surface area (Å²) in [6.45, 7) is 1.85. The molecule has 27 heavy (non-hydrogen) atoms. The van der Waals surface area contributed by atoms with Gasteiger partial charge in [0.25, 0.3) is 5.91 Å². The van der Waals surface area contributed by atoms with Crippen molar-refractivity contribution in [3.63, 3.8) is 0 Å². The summed E-state index contributed by atoms with van der Waals surface area (Å²) in [6.07, 6.45) is 0.243. The van der Waals surface area contributed by atoms with E-state index in [0.29, 0.717) is 11.3 Å². The molecular weight excluding hydrogens is 340 g/mol. The van der Waals surface area contributed by atoms with Crippen LogP contribution < -0.4 is 10.6 Å². The third-order valence-corrected chi connectivity index (χ3v) is 4.13. The Balaban J connectivity index is 1.66. The van der Waals surface area contributed by atoms with E-state index >= 15 is 0 Å². The summed E-state index contributed by atoms with van der Waals surface area (Å²) in [4.78, 5) is 24.5. The van der Waals surface area contributed by atoms with E-state index in [0.717, 1.165) is 11.1 Å². The zero-order valence-electron chi connectivity index (χ0n) is 14.9. The molecule has 0 aliphatic rings. The van der Waals surface area contributed by atoms with E-state index in [2.05, 4.69) is 10.6 Å². The highest BCUT2D eigenvalue weighted by Gasteiger charge is 2.12. The van der Waals surface area contributed by atoms with Crippen LogP contribution in [0.1, 0.15) is 21.5 Å². The fourth-order valence-corrected chi connectivity index (χ4v) is 2.72. The maximum atomic E-state index is 12.4. The van der Waals surface area contributed by atoms with Crippen molar-refractivity contribution < 1.29 is 14.7 Å². The highest BCUT2D eigenvalue weighted by molar-refractivity contribution is 6.06. The molecule has 5 heteroatoms. The van der Waals surface area contributed by atoms with E-state index < -0.39 is 0 Å². The van der Waals surface area contributed by atoms with Crippen molar-refractivity contribution in [3.8, 4) is 5.75 Å². The minimum Gasteiger partial charge on any atom is -0.506 e. The predicted molar refractivity (Wildman–Crippen MR) is 106 cm³/mol. The Morgan fingerprint density at radius 2 is 1.59 bits per heavy atom. The molecule has 0 aromatic heterocycles. The number of phenols is 1. The lowest BCUT2D eigenvalue weighted by atomic mass is 10.1. The number of amides is 2. The van der Waals surface area contributed by atoms with Gasteiger partial charge in [-0.25, -0.2) is 0 Å². The van der Waals surface area contributed by atoms with Crippen LogP contribution in [0.3, 0.4) is 0 Å². The van der Waals surface area contributed by atoms with Gasteiger partial charge in [-0.05, 0) is 36.2 Å². The van der Waals surface area contributed by atoms with Crippen LogP contribution >= 0.6 is 0 Å². The Morgan fingerprint density at radius 3 is 2.30 bits per heavy atom. The summed E-state index contributed by atoms with van der Waals surface area (Å²) in [5.74, 6) is -0.601. The molecular formula is C22H20N2O3. The molecule has 3 aromatic carbocycles. The Kier molecular flexibility index (Phi) is 5.52. The van der Waals surface area contributed by atoms with Crippen LogP contribution in [0.4, 0.5) is 11.4 Å². The number of anilines is 2. The van der Waals surface area contributed by atoms with E-state index in [1.165, 1.54) is 6.07 Å². The summed E-state index contributed by atoms with van der Waals surface area (Å²) in [5.41, 5.74) is 3.03. The van der Waals surface area contributed by atoms with Crippen molar-refractivity contribution in [2.45, 2.75) is 13.3 Å². The summed E-state index contributed by atoms with van der Waals surface area (Å²) < 4.78 is 0. The van der Waals surface area contributed by atoms with Crippen LogP contribution in [0, 0.1) is 6.92 Å². The summed E-state index contributed by atoms with van der Waals surface area (Å²) >= 11 is 0. The number of hydrogen-bond acceptors (Lipinski definition) is 3. The first-order chi connectivity index (χ1) is 13.0. The molecule has 0 atom stereocenters. The van der Waals surface area contributed by atoms with Gasteiger partial charge in [0.2, 0.25) is 5.91 Å². The number of nitrogens with one attached hydrogen (secondary N) is 2. The number of aryl methyl sites for hydroxylation is 1. The molecule has 3 N–H and O–H groups in total. The highest BCUT2D eigenvalue weighted by atomic mass is 16.3. The standard InChI is InChI=1S/C22H20N2O3/c1-15-7-5-6-10-18(15)22(27)24-19-12-11-17(14-20(19)25)23-21(26)13-16-8-3-2-4-9-16/h2-12,14,25H,13H2,1H3,(H,23,26)(H,24,27). The molecule has 0 aliphatic heterocycles. The predicted octanol–water partition coefficient (Wildman–Crippen LogP) is 4.13. The van der Waals surface area contributed by atoms with E-state index in [1.54, 1.807) is 24.3 Å². The van der Waals surface area contributed by atoms with Gasteiger partial charge in [0, 0.05) is 17.3 Å². The average molecular weight is 360 g/mol. The lowest BCUT2D eigenvalue weighted by Crippen LogP contribution is -2.15. The molecule has 0 aliphatic carbocycles. The average Bonchev–Trinajstić information content (AvgIpc) is 2.65. The Bertz CT molecular complexity index is 968.